The number of fused-ring (bicyclic) bond motifs is 1. The highest BCUT2D eigenvalue weighted by atomic mass is 16.4. The molecule has 1 heterocycles. The smallest absolute Gasteiger partial charge is 0.326 e. The van der Waals surface area contributed by atoms with Gasteiger partial charge in [-0.05, 0) is 38.0 Å². The van der Waals surface area contributed by atoms with Crippen molar-refractivity contribution in [2.45, 2.75) is 64.0 Å². The molecule has 19 heavy (non-hydrogen) atoms. The van der Waals surface area contributed by atoms with Crippen molar-refractivity contribution in [3.05, 3.63) is 0 Å². The van der Waals surface area contributed by atoms with Crippen LogP contribution in [0.15, 0.2) is 0 Å². The first-order chi connectivity index (χ1) is 9.13. The number of amides is 2. The summed E-state index contributed by atoms with van der Waals surface area (Å²) in [7, 11) is 0. The first-order valence-electron chi connectivity index (χ1n) is 7.43. The molecule has 1 aliphatic carbocycles. The van der Waals surface area contributed by atoms with Crippen molar-refractivity contribution in [2.75, 3.05) is 6.54 Å². The van der Waals surface area contributed by atoms with Gasteiger partial charge in [0.2, 0.25) is 0 Å². The van der Waals surface area contributed by atoms with Crippen LogP contribution in [0.3, 0.4) is 0 Å². The number of carbonyl (C=O) groups is 2. The third-order valence-corrected chi connectivity index (χ3v) is 4.51. The normalized spacial score (nSPS) is 28.4. The minimum Gasteiger partial charge on any atom is -0.480 e. The molecule has 2 rings (SSSR count). The molecular formula is C14H24N2O3. The summed E-state index contributed by atoms with van der Waals surface area (Å²) in [5.41, 5.74) is 0. The van der Waals surface area contributed by atoms with E-state index < -0.39 is 12.0 Å². The van der Waals surface area contributed by atoms with Crippen LogP contribution in [-0.2, 0) is 4.79 Å². The van der Waals surface area contributed by atoms with Crippen LogP contribution in [0.5, 0.6) is 0 Å². The minimum absolute atomic E-state index is 0.189. The van der Waals surface area contributed by atoms with E-state index in [1.807, 2.05) is 4.90 Å². The summed E-state index contributed by atoms with van der Waals surface area (Å²) in [6, 6.07) is -0.629. The lowest BCUT2D eigenvalue weighted by Gasteiger charge is -2.44. The SMILES string of the molecule is CC[C@H](NC(=O)N1CCCC2CCCCC21)C(=O)O. The topological polar surface area (TPSA) is 69.6 Å². The quantitative estimate of drug-likeness (QED) is 0.824. The Morgan fingerprint density at radius 3 is 2.63 bits per heavy atom. The molecule has 0 aromatic carbocycles. The van der Waals surface area contributed by atoms with Crippen LogP contribution in [0.2, 0.25) is 0 Å². The second-order valence-corrected chi connectivity index (χ2v) is 5.70. The van der Waals surface area contributed by atoms with Crippen molar-refractivity contribution in [2.24, 2.45) is 5.92 Å². The summed E-state index contributed by atoms with van der Waals surface area (Å²) in [5.74, 6) is -0.328. The number of carboxylic acids is 1. The van der Waals surface area contributed by atoms with Crippen molar-refractivity contribution in [3.63, 3.8) is 0 Å². The van der Waals surface area contributed by atoms with E-state index in [0.717, 1.165) is 19.4 Å². The molecule has 3 atom stereocenters. The zero-order chi connectivity index (χ0) is 13.8. The van der Waals surface area contributed by atoms with E-state index in [4.69, 9.17) is 5.11 Å². The molecule has 2 fully saturated rings. The number of carboxylic acid groups (broad SMARTS) is 1. The highest BCUT2D eigenvalue weighted by Crippen LogP contribution is 2.35. The van der Waals surface area contributed by atoms with E-state index in [9.17, 15) is 9.59 Å². The Bertz CT molecular complexity index is 344. The van der Waals surface area contributed by atoms with Gasteiger partial charge < -0.3 is 15.3 Å². The minimum atomic E-state index is -0.951. The second kappa shape index (κ2) is 6.26. The Kier molecular flexibility index (Phi) is 4.66. The van der Waals surface area contributed by atoms with Gasteiger partial charge in [0.25, 0.3) is 0 Å². The molecular weight excluding hydrogens is 244 g/mol. The maximum absolute atomic E-state index is 12.3. The predicted molar refractivity (Wildman–Crippen MR) is 71.9 cm³/mol. The molecule has 108 valence electrons. The molecule has 2 unspecified atom stereocenters. The van der Waals surface area contributed by atoms with Crippen molar-refractivity contribution in [1.82, 2.24) is 10.2 Å². The van der Waals surface area contributed by atoms with E-state index in [1.165, 1.54) is 25.7 Å². The number of aliphatic carboxylic acids is 1. The summed E-state index contributed by atoms with van der Waals surface area (Å²) >= 11 is 0. The van der Waals surface area contributed by atoms with Crippen molar-refractivity contribution in [3.8, 4) is 0 Å². The molecule has 0 aromatic heterocycles. The zero-order valence-electron chi connectivity index (χ0n) is 11.6. The van der Waals surface area contributed by atoms with Gasteiger partial charge >= 0.3 is 12.0 Å². The predicted octanol–water partition coefficient (Wildman–Crippen LogP) is 2.21. The monoisotopic (exact) mass is 268 g/mol. The second-order valence-electron chi connectivity index (χ2n) is 5.70. The fraction of sp³-hybridized carbons (Fsp3) is 0.857. The lowest BCUT2D eigenvalue weighted by Crippen LogP contribution is -2.55. The van der Waals surface area contributed by atoms with E-state index in [0.29, 0.717) is 18.4 Å². The molecule has 2 N–H and O–H groups in total. The number of urea groups is 1. The maximum atomic E-state index is 12.3. The average molecular weight is 268 g/mol. The fourth-order valence-electron chi connectivity index (χ4n) is 3.45. The number of likely N-dealkylation sites (tertiary alicyclic amines) is 1. The molecule has 1 saturated carbocycles. The molecule has 2 amide bonds. The van der Waals surface area contributed by atoms with Gasteiger partial charge in [-0.25, -0.2) is 9.59 Å². The summed E-state index contributed by atoms with van der Waals surface area (Å²) < 4.78 is 0. The van der Waals surface area contributed by atoms with Crippen LogP contribution in [0.25, 0.3) is 0 Å². The zero-order valence-corrected chi connectivity index (χ0v) is 11.6. The number of piperidine rings is 1. The Labute approximate surface area is 114 Å². The lowest BCUT2D eigenvalue weighted by atomic mass is 9.78. The largest absolute Gasteiger partial charge is 0.480 e. The first kappa shape index (κ1) is 14.2. The number of nitrogens with zero attached hydrogens (tertiary/aromatic N) is 1. The highest BCUT2D eigenvalue weighted by molar-refractivity contribution is 5.82. The van der Waals surface area contributed by atoms with E-state index in [2.05, 4.69) is 5.32 Å². The third kappa shape index (κ3) is 3.19. The summed E-state index contributed by atoms with van der Waals surface area (Å²) in [4.78, 5) is 25.2. The Morgan fingerprint density at radius 2 is 1.95 bits per heavy atom. The maximum Gasteiger partial charge on any atom is 0.326 e. The lowest BCUT2D eigenvalue weighted by molar-refractivity contribution is -0.139. The highest BCUT2D eigenvalue weighted by Gasteiger charge is 2.36. The molecule has 1 saturated heterocycles. The van der Waals surface area contributed by atoms with Gasteiger partial charge in [0.1, 0.15) is 6.04 Å². The van der Waals surface area contributed by atoms with Crippen molar-refractivity contribution < 1.29 is 14.7 Å². The van der Waals surface area contributed by atoms with E-state index >= 15 is 0 Å². The van der Waals surface area contributed by atoms with Crippen molar-refractivity contribution >= 4 is 12.0 Å². The van der Waals surface area contributed by atoms with Crippen LogP contribution < -0.4 is 5.32 Å². The molecule has 1 aliphatic heterocycles. The molecule has 0 bridgehead atoms. The first-order valence-corrected chi connectivity index (χ1v) is 7.43. The van der Waals surface area contributed by atoms with Crippen LogP contribution >= 0.6 is 0 Å². The molecule has 5 nitrogen and oxygen atoms in total. The van der Waals surface area contributed by atoms with Crippen LogP contribution in [0.1, 0.15) is 51.9 Å². The Morgan fingerprint density at radius 1 is 1.26 bits per heavy atom. The number of hydrogen-bond donors (Lipinski definition) is 2. The Hall–Kier alpha value is -1.26. The molecule has 0 radical (unpaired) electrons. The summed E-state index contributed by atoms with van der Waals surface area (Å²) in [6.45, 7) is 2.54. The number of rotatable bonds is 3. The molecule has 0 aromatic rings. The van der Waals surface area contributed by atoms with Crippen molar-refractivity contribution in [1.29, 1.82) is 0 Å². The standard InChI is InChI=1S/C14H24N2O3/c1-2-11(13(17)18)15-14(19)16-9-5-7-10-6-3-4-8-12(10)16/h10-12H,2-9H2,1H3,(H,15,19)(H,17,18)/t10?,11-,12?/m0/s1. The molecule has 5 heteroatoms. The average Bonchev–Trinajstić information content (AvgIpc) is 2.43. The van der Waals surface area contributed by atoms with Gasteiger partial charge in [0, 0.05) is 12.6 Å². The molecule has 2 aliphatic rings. The summed E-state index contributed by atoms with van der Waals surface area (Å²) in [5, 5.41) is 11.7. The van der Waals surface area contributed by atoms with E-state index in [1.54, 1.807) is 6.92 Å². The fourth-order valence-corrected chi connectivity index (χ4v) is 3.45. The summed E-state index contributed by atoms with van der Waals surface area (Å²) in [6.07, 6.45) is 7.41. The molecule has 0 spiro atoms. The number of carbonyl (C=O) groups excluding carboxylic acids is 1. The van der Waals surface area contributed by atoms with Crippen LogP contribution in [-0.4, -0.2) is 40.6 Å². The van der Waals surface area contributed by atoms with Gasteiger partial charge in [-0.3, -0.25) is 0 Å². The van der Waals surface area contributed by atoms with E-state index in [-0.39, 0.29) is 6.03 Å². The van der Waals surface area contributed by atoms with Gasteiger partial charge in [0.15, 0.2) is 0 Å². The van der Waals surface area contributed by atoms with Crippen LogP contribution in [0.4, 0.5) is 4.79 Å². The van der Waals surface area contributed by atoms with Gasteiger partial charge in [-0.1, -0.05) is 19.8 Å². The number of hydrogen-bond acceptors (Lipinski definition) is 2. The van der Waals surface area contributed by atoms with Gasteiger partial charge in [-0.15, -0.1) is 0 Å². The number of nitrogens with one attached hydrogen (secondary N) is 1. The Balaban J connectivity index is 1.98. The van der Waals surface area contributed by atoms with Gasteiger partial charge in [-0.2, -0.15) is 0 Å². The third-order valence-electron chi connectivity index (χ3n) is 4.51. The van der Waals surface area contributed by atoms with Crippen LogP contribution in [0, 0.1) is 5.92 Å². The van der Waals surface area contributed by atoms with Gasteiger partial charge in [0.05, 0.1) is 0 Å².